The van der Waals surface area contributed by atoms with Crippen LogP contribution in [0.15, 0.2) is 48.5 Å². The van der Waals surface area contributed by atoms with E-state index in [1.807, 2.05) is 0 Å². The Morgan fingerprint density at radius 2 is 1.48 bits per heavy atom. The molecule has 9 heteroatoms. The summed E-state index contributed by atoms with van der Waals surface area (Å²) in [6.45, 7) is -0.612. The number of hydrogen-bond acceptors (Lipinski definition) is 6. The lowest BCUT2D eigenvalue weighted by Gasteiger charge is -2.46. The van der Waals surface area contributed by atoms with Crippen molar-refractivity contribution < 1.29 is 28.7 Å². The van der Waals surface area contributed by atoms with Crippen LogP contribution in [-0.2, 0) is 14.3 Å². The topological polar surface area (TPSA) is 104 Å². The quantitative estimate of drug-likeness (QED) is 0.550. The fourth-order valence-corrected chi connectivity index (χ4v) is 4.49. The Kier molecular flexibility index (Phi) is 3.98. The minimum atomic E-state index is -1.67. The molecule has 1 atom stereocenters. The maximum Gasteiger partial charge on any atom is 0.355 e. The van der Waals surface area contributed by atoms with Crippen molar-refractivity contribution in [1.82, 2.24) is 9.80 Å². The highest BCUT2D eigenvalue weighted by molar-refractivity contribution is 6.21. The molecular formula is C22H17N3O6. The summed E-state index contributed by atoms with van der Waals surface area (Å²) < 4.78 is 5.38. The number of fused-ring (bicyclic) bond motifs is 4. The van der Waals surface area contributed by atoms with Gasteiger partial charge in [0.25, 0.3) is 17.7 Å². The molecule has 9 nitrogen and oxygen atoms in total. The minimum absolute atomic E-state index is 0.0450. The van der Waals surface area contributed by atoms with Gasteiger partial charge in [-0.1, -0.05) is 24.3 Å². The molecule has 156 valence electrons. The van der Waals surface area contributed by atoms with Gasteiger partial charge in [-0.3, -0.25) is 24.1 Å². The highest BCUT2D eigenvalue weighted by Gasteiger charge is 2.61. The Labute approximate surface area is 176 Å². The number of carbonyl (C=O) groups excluding carboxylic acids is 5. The summed E-state index contributed by atoms with van der Waals surface area (Å²) in [5.74, 6) is -2.74. The highest BCUT2D eigenvalue weighted by Crippen LogP contribution is 2.44. The number of esters is 1. The van der Waals surface area contributed by atoms with Crippen LogP contribution in [-0.4, -0.2) is 58.8 Å². The summed E-state index contributed by atoms with van der Waals surface area (Å²) in [5.41, 5.74) is -0.548. The molecule has 0 aromatic heterocycles. The molecule has 1 saturated heterocycles. The molecular weight excluding hydrogens is 402 g/mol. The third-order valence-corrected chi connectivity index (χ3v) is 6.07. The van der Waals surface area contributed by atoms with Gasteiger partial charge in [-0.05, 0) is 24.3 Å². The van der Waals surface area contributed by atoms with Gasteiger partial charge in [-0.25, -0.2) is 9.69 Å². The van der Waals surface area contributed by atoms with E-state index in [4.69, 9.17) is 4.74 Å². The lowest BCUT2D eigenvalue weighted by atomic mass is 9.97. The van der Waals surface area contributed by atoms with Gasteiger partial charge in [-0.15, -0.1) is 0 Å². The van der Waals surface area contributed by atoms with Crippen molar-refractivity contribution in [2.75, 3.05) is 18.7 Å². The van der Waals surface area contributed by atoms with E-state index < -0.39 is 36.1 Å². The SMILES string of the molecule is CN1C(=O)c2ccccc2N2C(=O)CCC12C(=O)OCN1C(=O)c2ccccc2C1=O. The van der Waals surface area contributed by atoms with Gasteiger partial charge in [0.05, 0.1) is 22.4 Å². The molecule has 31 heavy (non-hydrogen) atoms. The van der Waals surface area contributed by atoms with Gasteiger partial charge >= 0.3 is 5.97 Å². The van der Waals surface area contributed by atoms with E-state index in [1.165, 1.54) is 29.0 Å². The molecule has 0 bridgehead atoms. The molecule has 2 aromatic carbocycles. The maximum atomic E-state index is 13.3. The number of nitrogens with zero attached hydrogens (tertiary/aromatic N) is 3. The van der Waals surface area contributed by atoms with Crippen molar-refractivity contribution in [3.8, 4) is 0 Å². The average molecular weight is 419 g/mol. The van der Waals surface area contributed by atoms with Gasteiger partial charge in [0, 0.05) is 19.9 Å². The van der Waals surface area contributed by atoms with Crippen LogP contribution in [0.2, 0.25) is 0 Å². The smallest absolute Gasteiger partial charge is 0.355 e. The summed E-state index contributed by atoms with van der Waals surface area (Å²) in [5, 5.41) is 0. The lowest BCUT2D eigenvalue weighted by Crippen LogP contribution is -2.67. The van der Waals surface area contributed by atoms with Crippen molar-refractivity contribution in [3.05, 3.63) is 65.2 Å². The zero-order valence-electron chi connectivity index (χ0n) is 16.5. The predicted octanol–water partition coefficient (Wildman–Crippen LogP) is 1.39. The monoisotopic (exact) mass is 419 g/mol. The first kappa shape index (κ1) is 19.0. The Balaban J connectivity index is 1.45. The summed E-state index contributed by atoms with van der Waals surface area (Å²) in [6, 6.07) is 12.9. The second-order valence-electron chi connectivity index (χ2n) is 7.57. The fraction of sp³-hybridized carbons (Fsp3) is 0.227. The van der Waals surface area contributed by atoms with Gasteiger partial charge in [0.15, 0.2) is 6.73 Å². The molecule has 3 aliphatic rings. The van der Waals surface area contributed by atoms with Crippen LogP contribution in [0.1, 0.15) is 43.9 Å². The number of para-hydroxylation sites is 1. The van der Waals surface area contributed by atoms with Crippen LogP contribution in [0.4, 0.5) is 5.69 Å². The summed E-state index contributed by atoms with van der Waals surface area (Å²) in [6.07, 6.45) is 0.0947. The van der Waals surface area contributed by atoms with Crippen molar-refractivity contribution in [2.24, 2.45) is 0 Å². The maximum absolute atomic E-state index is 13.3. The van der Waals surface area contributed by atoms with E-state index in [0.29, 0.717) is 11.3 Å². The number of ether oxygens (including phenoxy) is 1. The summed E-state index contributed by atoms with van der Waals surface area (Å²) in [4.78, 5) is 67.4. The molecule has 0 saturated carbocycles. The number of benzene rings is 2. The summed E-state index contributed by atoms with van der Waals surface area (Å²) >= 11 is 0. The number of carbonyl (C=O) groups is 5. The van der Waals surface area contributed by atoms with Crippen molar-refractivity contribution in [1.29, 1.82) is 0 Å². The first-order valence-corrected chi connectivity index (χ1v) is 9.70. The number of rotatable bonds is 3. The Hall–Kier alpha value is -4.01. The Morgan fingerprint density at radius 1 is 0.903 bits per heavy atom. The Bertz CT molecular complexity index is 1160. The van der Waals surface area contributed by atoms with Crippen molar-refractivity contribution >= 4 is 35.3 Å². The second-order valence-corrected chi connectivity index (χ2v) is 7.57. The number of hydrogen-bond donors (Lipinski definition) is 0. The normalized spacial score (nSPS) is 21.9. The largest absolute Gasteiger partial charge is 0.441 e. The molecule has 0 radical (unpaired) electrons. The zero-order valence-corrected chi connectivity index (χ0v) is 16.5. The highest BCUT2D eigenvalue weighted by atomic mass is 16.6. The molecule has 1 fully saturated rings. The molecule has 5 rings (SSSR count). The lowest BCUT2D eigenvalue weighted by molar-refractivity contribution is -0.159. The number of amides is 4. The molecule has 4 amide bonds. The second kappa shape index (κ2) is 6.49. The molecule has 3 aliphatic heterocycles. The first-order valence-electron chi connectivity index (χ1n) is 9.70. The number of anilines is 1. The van der Waals surface area contributed by atoms with E-state index in [-0.39, 0.29) is 29.9 Å². The van der Waals surface area contributed by atoms with Crippen molar-refractivity contribution in [3.63, 3.8) is 0 Å². The number of imide groups is 1. The molecule has 0 spiro atoms. The molecule has 3 heterocycles. The van der Waals surface area contributed by atoms with Gasteiger partial charge in [-0.2, -0.15) is 0 Å². The van der Waals surface area contributed by atoms with Crippen LogP contribution in [0.5, 0.6) is 0 Å². The summed E-state index contributed by atoms with van der Waals surface area (Å²) in [7, 11) is 1.44. The van der Waals surface area contributed by atoms with E-state index in [1.54, 1.807) is 36.4 Å². The Morgan fingerprint density at radius 3 is 2.13 bits per heavy atom. The zero-order chi connectivity index (χ0) is 21.9. The van der Waals surface area contributed by atoms with Crippen LogP contribution < -0.4 is 4.90 Å². The predicted molar refractivity (Wildman–Crippen MR) is 106 cm³/mol. The number of likely N-dealkylation sites (N-methyl/N-ethyl adjacent to an activating group) is 1. The van der Waals surface area contributed by atoms with E-state index in [0.717, 1.165) is 4.90 Å². The molecule has 1 unspecified atom stereocenters. The van der Waals surface area contributed by atoms with Gasteiger partial charge in [0.1, 0.15) is 0 Å². The molecule has 0 aliphatic carbocycles. The van der Waals surface area contributed by atoms with E-state index in [2.05, 4.69) is 0 Å². The fourth-order valence-electron chi connectivity index (χ4n) is 4.49. The standard InChI is InChI=1S/C22H17N3O6/c1-23-18(27)15-8-4-5-9-16(15)25-17(26)10-11-22(23,25)21(30)31-12-24-19(28)13-6-2-3-7-14(13)20(24)29/h2-9H,10-12H2,1H3. The van der Waals surface area contributed by atoms with E-state index in [9.17, 15) is 24.0 Å². The van der Waals surface area contributed by atoms with Crippen LogP contribution >= 0.6 is 0 Å². The third-order valence-electron chi connectivity index (χ3n) is 6.07. The van der Waals surface area contributed by atoms with Crippen LogP contribution in [0.25, 0.3) is 0 Å². The minimum Gasteiger partial charge on any atom is -0.441 e. The van der Waals surface area contributed by atoms with Gasteiger partial charge < -0.3 is 9.64 Å². The van der Waals surface area contributed by atoms with E-state index >= 15 is 0 Å². The van der Waals surface area contributed by atoms with Gasteiger partial charge in [0.2, 0.25) is 11.6 Å². The molecule has 0 N–H and O–H groups in total. The van der Waals surface area contributed by atoms with Crippen LogP contribution in [0.3, 0.4) is 0 Å². The first-order chi connectivity index (χ1) is 14.9. The molecule has 2 aromatic rings. The van der Waals surface area contributed by atoms with Crippen LogP contribution in [0, 0.1) is 0 Å². The van der Waals surface area contributed by atoms with Crippen molar-refractivity contribution in [2.45, 2.75) is 18.5 Å². The third kappa shape index (κ3) is 2.40. The average Bonchev–Trinajstić information content (AvgIpc) is 3.26.